The van der Waals surface area contributed by atoms with Crippen molar-refractivity contribution < 1.29 is 22.8 Å². The number of hydrogen-bond acceptors (Lipinski definition) is 5. The molecule has 1 aliphatic rings. The van der Waals surface area contributed by atoms with Crippen molar-refractivity contribution in [2.75, 3.05) is 28.3 Å². The Bertz CT molecular complexity index is 1050. The Morgan fingerprint density at radius 1 is 1.11 bits per heavy atom. The van der Waals surface area contributed by atoms with Gasteiger partial charge < -0.3 is 10.6 Å². The third kappa shape index (κ3) is 4.04. The predicted octanol–water partition coefficient (Wildman–Crippen LogP) is 1.66. The van der Waals surface area contributed by atoms with Gasteiger partial charge in [-0.15, -0.1) is 0 Å². The highest BCUT2D eigenvalue weighted by molar-refractivity contribution is 7.92. The molecule has 1 unspecified atom stereocenters. The molecule has 28 heavy (non-hydrogen) atoms. The lowest BCUT2D eigenvalue weighted by atomic mass is 10.1. The maximum absolute atomic E-state index is 12.9. The van der Waals surface area contributed by atoms with Crippen molar-refractivity contribution in [3.8, 4) is 0 Å². The van der Waals surface area contributed by atoms with Gasteiger partial charge in [-0.1, -0.05) is 12.1 Å². The van der Waals surface area contributed by atoms with E-state index in [-0.39, 0.29) is 18.4 Å². The number of hydrogen-bond donors (Lipinski definition) is 2. The van der Waals surface area contributed by atoms with E-state index in [9.17, 15) is 22.8 Å². The largest absolute Gasteiger partial charge is 0.325 e. The number of nitrogens with one attached hydrogen (secondary N) is 2. The summed E-state index contributed by atoms with van der Waals surface area (Å²) in [5, 5.41) is 4.05. The molecule has 9 heteroatoms. The Balaban J connectivity index is 1.78. The molecule has 1 aliphatic heterocycles. The Morgan fingerprint density at radius 2 is 1.75 bits per heavy atom. The van der Waals surface area contributed by atoms with Gasteiger partial charge in [-0.3, -0.25) is 19.3 Å². The van der Waals surface area contributed by atoms with E-state index in [0.29, 0.717) is 22.6 Å². The summed E-state index contributed by atoms with van der Waals surface area (Å²) in [5.74, 6) is -1.29. The predicted molar refractivity (Wildman–Crippen MR) is 106 cm³/mol. The molecule has 0 aliphatic carbocycles. The SMILES string of the molecule is CC(C(=O)Nc1ccc(C(=O)N2CC(=O)Nc3ccccc32)cc1)S(C)(=O)=O. The van der Waals surface area contributed by atoms with Crippen LogP contribution in [-0.2, 0) is 19.4 Å². The molecule has 0 radical (unpaired) electrons. The quantitative estimate of drug-likeness (QED) is 0.809. The summed E-state index contributed by atoms with van der Waals surface area (Å²) in [5.41, 5.74) is 1.87. The fraction of sp³-hybridized carbons (Fsp3) is 0.211. The normalized spacial score (nSPS) is 14.6. The van der Waals surface area contributed by atoms with Crippen molar-refractivity contribution in [3.63, 3.8) is 0 Å². The highest BCUT2D eigenvalue weighted by Crippen LogP contribution is 2.30. The zero-order valence-electron chi connectivity index (χ0n) is 15.3. The van der Waals surface area contributed by atoms with E-state index in [1.807, 2.05) is 0 Å². The lowest BCUT2D eigenvalue weighted by molar-refractivity contribution is -0.116. The summed E-state index contributed by atoms with van der Waals surface area (Å²) in [6.07, 6.45) is 0.992. The van der Waals surface area contributed by atoms with Crippen LogP contribution in [0.1, 0.15) is 17.3 Å². The summed E-state index contributed by atoms with van der Waals surface area (Å²) in [6, 6.07) is 13.0. The molecule has 0 fully saturated rings. The second-order valence-electron chi connectivity index (χ2n) is 6.49. The standard InChI is InChI=1S/C19H19N3O5S/c1-12(28(2,26)27)18(24)20-14-9-7-13(8-10-14)19(25)22-11-17(23)21-15-5-3-4-6-16(15)22/h3-10,12H,11H2,1-2H3,(H,20,24)(H,21,23). The summed E-state index contributed by atoms with van der Waals surface area (Å²) in [7, 11) is -3.50. The van der Waals surface area contributed by atoms with E-state index in [0.717, 1.165) is 6.26 Å². The molecule has 0 bridgehead atoms. The van der Waals surface area contributed by atoms with Gasteiger partial charge in [-0.25, -0.2) is 8.42 Å². The van der Waals surface area contributed by atoms with E-state index in [2.05, 4.69) is 10.6 Å². The van der Waals surface area contributed by atoms with Crippen LogP contribution in [0.3, 0.4) is 0 Å². The smallest absolute Gasteiger partial charge is 0.258 e. The molecule has 0 spiro atoms. The highest BCUT2D eigenvalue weighted by atomic mass is 32.2. The average Bonchev–Trinajstić information content (AvgIpc) is 2.66. The summed E-state index contributed by atoms with van der Waals surface area (Å²) >= 11 is 0. The van der Waals surface area contributed by atoms with Gasteiger partial charge in [0.2, 0.25) is 11.8 Å². The number of carbonyl (C=O) groups is 3. The molecule has 2 aromatic rings. The van der Waals surface area contributed by atoms with E-state index >= 15 is 0 Å². The van der Waals surface area contributed by atoms with Crippen LogP contribution in [0.2, 0.25) is 0 Å². The highest BCUT2D eigenvalue weighted by Gasteiger charge is 2.27. The van der Waals surface area contributed by atoms with Gasteiger partial charge >= 0.3 is 0 Å². The number of sulfone groups is 1. The molecule has 1 atom stereocenters. The van der Waals surface area contributed by atoms with Crippen LogP contribution in [0.4, 0.5) is 17.1 Å². The number of carbonyl (C=O) groups excluding carboxylic acids is 3. The number of amides is 3. The minimum atomic E-state index is -3.50. The second kappa shape index (κ2) is 7.43. The van der Waals surface area contributed by atoms with Crippen LogP contribution in [-0.4, -0.2) is 44.2 Å². The van der Waals surface area contributed by atoms with Gasteiger partial charge in [0.05, 0.1) is 11.4 Å². The van der Waals surface area contributed by atoms with Gasteiger partial charge in [0.1, 0.15) is 11.8 Å². The van der Waals surface area contributed by atoms with E-state index in [4.69, 9.17) is 0 Å². The first-order valence-electron chi connectivity index (χ1n) is 8.47. The zero-order chi connectivity index (χ0) is 20.5. The Labute approximate surface area is 162 Å². The maximum Gasteiger partial charge on any atom is 0.258 e. The minimum Gasteiger partial charge on any atom is -0.325 e. The van der Waals surface area contributed by atoms with Gasteiger partial charge in [-0.2, -0.15) is 0 Å². The topological polar surface area (TPSA) is 113 Å². The molecule has 0 saturated heterocycles. The van der Waals surface area contributed by atoms with E-state index < -0.39 is 21.0 Å². The molecule has 3 rings (SSSR count). The minimum absolute atomic E-state index is 0.0970. The summed E-state index contributed by atoms with van der Waals surface area (Å²) in [4.78, 5) is 38.1. The van der Waals surface area contributed by atoms with Crippen LogP contribution >= 0.6 is 0 Å². The van der Waals surface area contributed by atoms with Crippen LogP contribution in [0.25, 0.3) is 0 Å². The van der Waals surface area contributed by atoms with Gasteiger partial charge in [0, 0.05) is 17.5 Å². The maximum atomic E-state index is 12.9. The van der Waals surface area contributed by atoms with Gasteiger partial charge in [0.15, 0.2) is 9.84 Å². The summed E-state index contributed by atoms with van der Waals surface area (Å²) in [6.45, 7) is 1.21. The van der Waals surface area contributed by atoms with Gasteiger partial charge in [0.25, 0.3) is 5.91 Å². The fourth-order valence-electron chi connectivity index (χ4n) is 2.70. The van der Waals surface area contributed by atoms with Gasteiger partial charge in [-0.05, 0) is 43.3 Å². The average molecular weight is 401 g/mol. The number of benzene rings is 2. The second-order valence-corrected chi connectivity index (χ2v) is 8.86. The third-order valence-corrected chi connectivity index (χ3v) is 5.93. The van der Waals surface area contributed by atoms with Crippen LogP contribution in [0, 0.1) is 0 Å². The molecule has 3 amide bonds. The Kier molecular flexibility index (Phi) is 5.19. The first kappa shape index (κ1) is 19.6. The fourth-order valence-corrected chi connectivity index (χ4v) is 3.15. The lowest BCUT2D eigenvalue weighted by Gasteiger charge is -2.29. The number of para-hydroxylation sites is 2. The first-order chi connectivity index (χ1) is 13.2. The number of rotatable bonds is 4. The molecule has 146 valence electrons. The van der Waals surface area contributed by atoms with Crippen LogP contribution in [0.5, 0.6) is 0 Å². The molecule has 0 saturated carbocycles. The number of nitrogens with zero attached hydrogens (tertiary/aromatic N) is 1. The van der Waals surface area contributed by atoms with Crippen molar-refractivity contribution in [3.05, 3.63) is 54.1 Å². The molecule has 8 nitrogen and oxygen atoms in total. The van der Waals surface area contributed by atoms with Crippen molar-refractivity contribution >= 4 is 44.6 Å². The van der Waals surface area contributed by atoms with Crippen molar-refractivity contribution in [1.29, 1.82) is 0 Å². The van der Waals surface area contributed by atoms with Crippen LogP contribution < -0.4 is 15.5 Å². The van der Waals surface area contributed by atoms with E-state index in [1.165, 1.54) is 36.1 Å². The molecule has 1 heterocycles. The number of anilines is 3. The Hall–Kier alpha value is -3.20. The third-order valence-electron chi connectivity index (χ3n) is 4.43. The van der Waals surface area contributed by atoms with Crippen molar-refractivity contribution in [2.45, 2.75) is 12.2 Å². The molecule has 0 aromatic heterocycles. The van der Waals surface area contributed by atoms with Crippen molar-refractivity contribution in [2.24, 2.45) is 0 Å². The monoisotopic (exact) mass is 401 g/mol. The lowest BCUT2D eigenvalue weighted by Crippen LogP contribution is -2.42. The molecular weight excluding hydrogens is 382 g/mol. The zero-order valence-corrected chi connectivity index (χ0v) is 16.1. The van der Waals surface area contributed by atoms with Crippen LogP contribution in [0.15, 0.2) is 48.5 Å². The van der Waals surface area contributed by atoms with E-state index in [1.54, 1.807) is 24.3 Å². The first-order valence-corrected chi connectivity index (χ1v) is 10.4. The number of fused-ring (bicyclic) bond motifs is 1. The molecular formula is C19H19N3O5S. The molecule has 2 N–H and O–H groups in total. The summed E-state index contributed by atoms with van der Waals surface area (Å²) < 4.78 is 22.9. The Morgan fingerprint density at radius 3 is 2.39 bits per heavy atom. The van der Waals surface area contributed by atoms with Crippen molar-refractivity contribution in [1.82, 2.24) is 0 Å². The molecule has 2 aromatic carbocycles.